The van der Waals surface area contributed by atoms with Crippen LogP contribution in [-0.4, -0.2) is 26.8 Å². The van der Waals surface area contributed by atoms with E-state index < -0.39 is 0 Å². The summed E-state index contributed by atoms with van der Waals surface area (Å²) in [4.78, 5) is 0. The number of benzene rings is 1. The van der Waals surface area contributed by atoms with E-state index in [9.17, 15) is 0 Å². The highest BCUT2D eigenvalue weighted by molar-refractivity contribution is 5.38. The lowest BCUT2D eigenvalue weighted by molar-refractivity contribution is 0.517. The minimum atomic E-state index is 0.726. The smallest absolute Gasteiger partial charge is 0.247 e. The Morgan fingerprint density at radius 2 is 1.95 bits per heavy atom. The van der Waals surface area contributed by atoms with Gasteiger partial charge >= 0.3 is 0 Å². The molecule has 5 heteroatoms. The first-order chi connectivity index (χ1) is 9.43. The Hall–Kier alpha value is -1.91. The third-order valence-corrected chi connectivity index (χ3v) is 3.78. The molecule has 0 bridgehead atoms. The summed E-state index contributed by atoms with van der Waals surface area (Å²) in [5.74, 6) is 1.61. The molecule has 0 atom stereocenters. The zero-order valence-corrected chi connectivity index (χ0v) is 11.0. The average molecular weight is 257 g/mol. The van der Waals surface area contributed by atoms with E-state index in [1.807, 2.05) is 30.3 Å². The summed E-state index contributed by atoms with van der Waals surface area (Å²) < 4.78 is 1.74. The third kappa shape index (κ3) is 2.92. The van der Waals surface area contributed by atoms with E-state index in [1.165, 1.54) is 32.1 Å². The molecule has 2 aromatic rings. The molecule has 0 spiro atoms. The third-order valence-electron chi connectivity index (χ3n) is 3.78. The van der Waals surface area contributed by atoms with Crippen LogP contribution in [0.1, 0.15) is 32.1 Å². The van der Waals surface area contributed by atoms with Crippen molar-refractivity contribution in [3.8, 4) is 5.69 Å². The second-order valence-electron chi connectivity index (χ2n) is 5.12. The first-order valence-corrected chi connectivity index (χ1v) is 7.01. The van der Waals surface area contributed by atoms with Gasteiger partial charge in [-0.05, 0) is 34.9 Å². The standard InChI is InChI=1S/C14H19N5/c1-2-8-13(9-3-1)19-14(16-17-18-19)15-11-10-12-6-4-5-7-12/h1-3,8-9,12H,4-7,10-11H2,(H,15,16,18). The average Bonchev–Trinajstić information content (AvgIpc) is 3.11. The molecular formula is C14H19N5. The van der Waals surface area contributed by atoms with E-state index in [0.29, 0.717) is 0 Å². The van der Waals surface area contributed by atoms with Gasteiger partial charge in [0.15, 0.2) is 0 Å². The van der Waals surface area contributed by atoms with Crippen LogP contribution in [0, 0.1) is 5.92 Å². The van der Waals surface area contributed by atoms with Gasteiger partial charge in [0.25, 0.3) is 0 Å². The molecule has 19 heavy (non-hydrogen) atoms. The van der Waals surface area contributed by atoms with Crippen molar-refractivity contribution in [2.24, 2.45) is 5.92 Å². The number of hydrogen-bond acceptors (Lipinski definition) is 4. The molecule has 1 N–H and O–H groups in total. The van der Waals surface area contributed by atoms with Gasteiger partial charge in [0, 0.05) is 6.54 Å². The van der Waals surface area contributed by atoms with Crippen LogP contribution in [0.25, 0.3) is 5.69 Å². The molecule has 5 nitrogen and oxygen atoms in total. The highest BCUT2D eigenvalue weighted by Crippen LogP contribution is 2.27. The molecule has 0 unspecified atom stereocenters. The van der Waals surface area contributed by atoms with Crippen molar-refractivity contribution in [3.63, 3.8) is 0 Å². The van der Waals surface area contributed by atoms with E-state index in [0.717, 1.165) is 24.1 Å². The molecule has 0 radical (unpaired) electrons. The van der Waals surface area contributed by atoms with E-state index in [4.69, 9.17) is 0 Å². The summed E-state index contributed by atoms with van der Waals surface area (Å²) in [6.45, 7) is 0.942. The van der Waals surface area contributed by atoms with Crippen molar-refractivity contribution < 1.29 is 0 Å². The quantitative estimate of drug-likeness (QED) is 0.894. The Morgan fingerprint density at radius 3 is 2.74 bits per heavy atom. The molecular weight excluding hydrogens is 238 g/mol. The molecule has 1 aromatic carbocycles. The van der Waals surface area contributed by atoms with Crippen molar-refractivity contribution >= 4 is 5.95 Å². The molecule has 1 fully saturated rings. The first kappa shape index (κ1) is 12.1. The highest BCUT2D eigenvalue weighted by atomic mass is 15.6. The van der Waals surface area contributed by atoms with Gasteiger partial charge in [-0.1, -0.05) is 49.0 Å². The molecule has 1 aromatic heterocycles. The Balaban J connectivity index is 1.61. The zero-order valence-electron chi connectivity index (χ0n) is 11.0. The number of para-hydroxylation sites is 1. The molecule has 0 aliphatic heterocycles. The fourth-order valence-electron chi connectivity index (χ4n) is 2.73. The van der Waals surface area contributed by atoms with Gasteiger partial charge in [-0.15, -0.1) is 0 Å². The topological polar surface area (TPSA) is 55.6 Å². The minimum Gasteiger partial charge on any atom is -0.353 e. The number of rotatable bonds is 5. The largest absolute Gasteiger partial charge is 0.353 e. The van der Waals surface area contributed by atoms with Crippen molar-refractivity contribution in [2.45, 2.75) is 32.1 Å². The molecule has 1 saturated carbocycles. The number of nitrogens with one attached hydrogen (secondary N) is 1. The summed E-state index contributed by atoms with van der Waals surface area (Å²) in [7, 11) is 0. The van der Waals surface area contributed by atoms with Crippen LogP contribution in [0.3, 0.4) is 0 Å². The van der Waals surface area contributed by atoms with Crippen LogP contribution < -0.4 is 5.32 Å². The Labute approximate surface area is 113 Å². The molecule has 100 valence electrons. The number of hydrogen-bond donors (Lipinski definition) is 1. The Kier molecular flexibility index (Phi) is 3.72. The van der Waals surface area contributed by atoms with Gasteiger partial charge < -0.3 is 5.32 Å². The van der Waals surface area contributed by atoms with Crippen LogP contribution in [0.5, 0.6) is 0 Å². The van der Waals surface area contributed by atoms with Gasteiger partial charge in [-0.2, -0.15) is 4.68 Å². The monoisotopic (exact) mass is 257 g/mol. The second kappa shape index (κ2) is 5.82. The first-order valence-electron chi connectivity index (χ1n) is 7.01. The predicted octanol–water partition coefficient (Wildman–Crippen LogP) is 2.65. The van der Waals surface area contributed by atoms with Gasteiger partial charge in [-0.25, -0.2) is 0 Å². The van der Waals surface area contributed by atoms with Gasteiger partial charge in [0.05, 0.1) is 5.69 Å². The maximum atomic E-state index is 4.05. The lowest BCUT2D eigenvalue weighted by atomic mass is 10.0. The normalized spacial score (nSPS) is 15.8. The summed E-state index contributed by atoms with van der Waals surface area (Å²) in [5, 5.41) is 15.2. The lowest BCUT2D eigenvalue weighted by Gasteiger charge is -2.10. The molecule has 3 rings (SSSR count). The molecule has 0 saturated heterocycles. The maximum absolute atomic E-state index is 4.05. The van der Waals surface area contributed by atoms with E-state index >= 15 is 0 Å². The Morgan fingerprint density at radius 1 is 1.16 bits per heavy atom. The van der Waals surface area contributed by atoms with Gasteiger partial charge in [0.1, 0.15) is 0 Å². The lowest BCUT2D eigenvalue weighted by Crippen LogP contribution is -2.11. The minimum absolute atomic E-state index is 0.726. The van der Waals surface area contributed by atoms with Gasteiger partial charge in [-0.3, -0.25) is 0 Å². The fraction of sp³-hybridized carbons (Fsp3) is 0.500. The van der Waals surface area contributed by atoms with Crippen molar-refractivity contribution in [1.82, 2.24) is 20.2 Å². The molecule has 1 aliphatic rings. The van der Waals surface area contributed by atoms with E-state index in [-0.39, 0.29) is 0 Å². The second-order valence-corrected chi connectivity index (χ2v) is 5.12. The Bertz CT molecular complexity index is 502. The van der Waals surface area contributed by atoms with Crippen LogP contribution in [0.2, 0.25) is 0 Å². The molecule has 0 amide bonds. The fourth-order valence-corrected chi connectivity index (χ4v) is 2.73. The summed E-state index contributed by atoms with van der Waals surface area (Å²) in [6.07, 6.45) is 6.76. The van der Waals surface area contributed by atoms with Crippen LogP contribution in [-0.2, 0) is 0 Å². The van der Waals surface area contributed by atoms with Crippen LogP contribution in [0.4, 0.5) is 5.95 Å². The predicted molar refractivity (Wildman–Crippen MR) is 74.2 cm³/mol. The number of tetrazole rings is 1. The summed E-state index contributed by atoms with van der Waals surface area (Å²) >= 11 is 0. The van der Waals surface area contributed by atoms with Gasteiger partial charge in [0.2, 0.25) is 5.95 Å². The van der Waals surface area contributed by atoms with Crippen molar-refractivity contribution in [2.75, 3.05) is 11.9 Å². The molecule has 1 aliphatic carbocycles. The highest BCUT2D eigenvalue weighted by Gasteiger charge is 2.15. The number of nitrogens with zero attached hydrogens (tertiary/aromatic N) is 4. The maximum Gasteiger partial charge on any atom is 0.247 e. The van der Waals surface area contributed by atoms with E-state index in [1.54, 1.807) is 4.68 Å². The zero-order chi connectivity index (χ0) is 12.9. The number of anilines is 1. The van der Waals surface area contributed by atoms with Crippen LogP contribution in [0.15, 0.2) is 30.3 Å². The summed E-state index contributed by atoms with van der Waals surface area (Å²) in [5.41, 5.74) is 0.982. The summed E-state index contributed by atoms with van der Waals surface area (Å²) in [6, 6.07) is 9.96. The SMILES string of the molecule is c1ccc(-n2nnnc2NCCC2CCCC2)cc1. The number of aromatic nitrogens is 4. The van der Waals surface area contributed by atoms with Crippen molar-refractivity contribution in [3.05, 3.63) is 30.3 Å². The van der Waals surface area contributed by atoms with E-state index in [2.05, 4.69) is 20.8 Å². The van der Waals surface area contributed by atoms with Crippen LogP contribution >= 0.6 is 0 Å². The molecule has 1 heterocycles. The van der Waals surface area contributed by atoms with Crippen molar-refractivity contribution in [1.29, 1.82) is 0 Å².